The summed E-state index contributed by atoms with van der Waals surface area (Å²) in [4.78, 5) is 0. The maximum absolute atomic E-state index is 6.67. The second kappa shape index (κ2) is 13.5. The van der Waals surface area contributed by atoms with Crippen molar-refractivity contribution in [2.45, 2.75) is 77.6 Å². The van der Waals surface area contributed by atoms with E-state index in [9.17, 15) is 0 Å². The molecule has 2 radical (unpaired) electrons. The average molecular weight is 649 g/mol. The molecule has 0 bridgehead atoms. The Hall–Kier alpha value is -0.843. The second-order valence-electron chi connectivity index (χ2n) is 11.5. The molecule has 196 valence electrons. The van der Waals surface area contributed by atoms with E-state index in [-0.39, 0.29) is 61.1 Å². The van der Waals surface area contributed by atoms with Crippen LogP contribution in [0.3, 0.4) is 0 Å². The monoisotopic (exact) mass is 646 g/mol. The minimum absolute atomic E-state index is 0. The minimum atomic E-state index is -0.993. The van der Waals surface area contributed by atoms with Crippen molar-refractivity contribution in [3.8, 4) is 11.5 Å². The van der Waals surface area contributed by atoms with Crippen molar-refractivity contribution in [1.82, 2.24) is 0 Å². The van der Waals surface area contributed by atoms with Crippen LogP contribution in [0.25, 0.3) is 21.5 Å². The van der Waals surface area contributed by atoms with Crippen LogP contribution < -0.4 is 33.7 Å². The van der Waals surface area contributed by atoms with Crippen molar-refractivity contribution in [3.63, 3.8) is 0 Å². The molecule has 0 aliphatic carbocycles. The predicted molar refractivity (Wildman–Crippen MR) is 150 cm³/mol. The largest absolute Gasteiger partial charge is 4.00 e. The van der Waals surface area contributed by atoms with Gasteiger partial charge in [0.15, 0.2) is 0 Å². The van der Waals surface area contributed by atoms with Gasteiger partial charge in [-0.3, -0.25) is 0 Å². The quantitative estimate of drug-likeness (QED) is 0.227. The van der Waals surface area contributed by atoms with Crippen molar-refractivity contribution in [2.75, 3.05) is 0 Å². The first-order valence-electron chi connectivity index (χ1n) is 12.3. The zero-order valence-corrected chi connectivity index (χ0v) is 29.2. The summed E-state index contributed by atoms with van der Waals surface area (Å²) >= 11 is 0. The van der Waals surface area contributed by atoms with Crippen molar-refractivity contribution < 1.29 is 59.9 Å². The van der Waals surface area contributed by atoms with Gasteiger partial charge in [-0.05, 0) is 23.2 Å². The minimum Gasteiger partial charge on any atom is -1.00 e. The van der Waals surface area contributed by atoms with E-state index in [1.165, 1.54) is 32.7 Å². The van der Waals surface area contributed by atoms with Crippen molar-refractivity contribution in [1.29, 1.82) is 0 Å². The van der Waals surface area contributed by atoms with Crippen LogP contribution in [-0.4, -0.2) is 18.1 Å². The summed E-state index contributed by atoms with van der Waals surface area (Å²) in [5.41, 5.74) is 2.66. The summed E-state index contributed by atoms with van der Waals surface area (Å²) in [6.07, 6.45) is 1.88. The van der Waals surface area contributed by atoms with E-state index in [0.717, 1.165) is 24.3 Å². The first-order valence-corrected chi connectivity index (χ1v) is 16.1. The number of benzene rings is 2. The normalized spacial score (nSPS) is 11.8. The Labute approximate surface area is 258 Å². The van der Waals surface area contributed by atoms with Crippen molar-refractivity contribution >= 4 is 39.6 Å². The number of rotatable bonds is 7. The molecule has 0 fully saturated rings. The molecule has 0 aliphatic rings. The molecular weight excluding hydrogens is 611 g/mol. The third-order valence-corrected chi connectivity index (χ3v) is 12.3. The van der Waals surface area contributed by atoms with Crippen LogP contribution in [0.2, 0.25) is 23.2 Å². The predicted octanol–water partition coefficient (Wildman–Crippen LogP) is 2.82. The first kappa shape index (κ1) is 34.2. The van der Waals surface area contributed by atoms with Crippen LogP contribution >= 0.6 is 0 Å². The molecule has 0 spiro atoms. The van der Waals surface area contributed by atoms with Crippen molar-refractivity contribution in [3.05, 3.63) is 71.8 Å². The number of hydrogen-bond donors (Lipinski definition) is 0. The van der Waals surface area contributed by atoms with Crippen LogP contribution in [0.15, 0.2) is 60.7 Å². The van der Waals surface area contributed by atoms with Crippen LogP contribution in [-0.2, 0) is 39.0 Å². The van der Waals surface area contributed by atoms with E-state index in [2.05, 4.69) is 115 Å². The maximum Gasteiger partial charge on any atom is 4.00 e. The van der Waals surface area contributed by atoms with Crippen LogP contribution in [0, 0.1) is 0 Å². The Balaban J connectivity index is 0.00000228. The Kier molecular flexibility index (Phi) is 12.5. The molecule has 7 heteroatoms. The standard InChI is InChI=1S/C30H38O2Si2.2ClH.Zr/c1-29(2,3)33(7)31-27-19-21-13-9-11-15-23(21)25(27)17-18-26-24-16-12-10-14-22(24)20-28(26)32-34(8)30(4,5)6;;;/h9-16,19-20H,17-18H2,1-8H3;2*1H;/q-2;;;+4/p-2. The topological polar surface area (TPSA) is 18.5 Å². The van der Waals surface area contributed by atoms with Gasteiger partial charge >= 0.3 is 26.2 Å². The molecule has 0 aromatic heterocycles. The Bertz CT molecular complexity index is 1180. The van der Waals surface area contributed by atoms with Gasteiger partial charge in [0.05, 0.1) is 0 Å². The number of fused-ring (bicyclic) bond motifs is 2. The van der Waals surface area contributed by atoms with Gasteiger partial charge < -0.3 is 33.7 Å². The summed E-state index contributed by atoms with van der Waals surface area (Å²) in [7, 11) is -1.99. The van der Waals surface area contributed by atoms with E-state index in [1.807, 2.05) is 0 Å². The van der Waals surface area contributed by atoms with Gasteiger partial charge in [0.1, 0.15) is 0 Å². The van der Waals surface area contributed by atoms with Gasteiger partial charge in [-0.2, -0.15) is 0 Å². The summed E-state index contributed by atoms with van der Waals surface area (Å²) in [6, 6.07) is 21.9. The molecule has 0 amide bonds. The van der Waals surface area contributed by atoms with E-state index in [4.69, 9.17) is 8.85 Å². The molecule has 0 aliphatic heterocycles. The number of hydrogen-bond acceptors (Lipinski definition) is 2. The molecule has 0 N–H and O–H groups in total. The first-order chi connectivity index (χ1) is 15.9. The Morgan fingerprint density at radius 2 is 0.946 bits per heavy atom. The second-order valence-corrected chi connectivity index (χ2v) is 17.1. The third-order valence-electron chi connectivity index (χ3n) is 7.00. The molecule has 4 aromatic carbocycles. The van der Waals surface area contributed by atoms with E-state index >= 15 is 0 Å². The maximum atomic E-state index is 6.67. The van der Waals surface area contributed by atoms with E-state index < -0.39 is 18.1 Å². The molecule has 0 saturated heterocycles. The van der Waals surface area contributed by atoms with E-state index in [1.54, 1.807) is 0 Å². The Morgan fingerprint density at radius 1 is 0.622 bits per heavy atom. The SMILES string of the molecule is C[Si](Oc1[cH-]c2ccccc2c1CCc1c(O[Si](C)C(C)(C)C)[cH-]c2ccccc12)C(C)(C)C.[Cl-].[Cl-].[Zr+4]. The summed E-state index contributed by atoms with van der Waals surface area (Å²) in [6.45, 7) is 18.2. The third kappa shape index (κ3) is 7.85. The molecular formula is C30H38Cl2O2Si2Zr. The van der Waals surface area contributed by atoms with Crippen LogP contribution in [0.4, 0.5) is 0 Å². The molecule has 0 unspecified atom stereocenters. The van der Waals surface area contributed by atoms with Gasteiger partial charge in [0.25, 0.3) is 18.1 Å². The summed E-state index contributed by atoms with van der Waals surface area (Å²) < 4.78 is 13.3. The fourth-order valence-corrected chi connectivity index (χ4v) is 5.74. The van der Waals surface area contributed by atoms with Crippen LogP contribution in [0.5, 0.6) is 11.5 Å². The fraction of sp³-hybridized carbons (Fsp3) is 0.400. The van der Waals surface area contributed by atoms with Gasteiger partial charge in [-0.15, -0.1) is 81.2 Å². The molecule has 0 atom stereocenters. The molecule has 37 heavy (non-hydrogen) atoms. The molecule has 4 aromatic rings. The van der Waals surface area contributed by atoms with Crippen molar-refractivity contribution in [2.24, 2.45) is 0 Å². The number of aryl methyl sites for hydroxylation is 2. The van der Waals surface area contributed by atoms with E-state index in [0.29, 0.717) is 0 Å². The Morgan fingerprint density at radius 3 is 1.27 bits per heavy atom. The summed E-state index contributed by atoms with van der Waals surface area (Å²) in [5.74, 6) is 2.14. The average Bonchev–Trinajstić information content (AvgIpc) is 3.28. The number of halogens is 2. The zero-order valence-electron chi connectivity index (χ0n) is 23.3. The molecule has 4 rings (SSSR count). The molecule has 2 nitrogen and oxygen atoms in total. The molecule has 0 heterocycles. The molecule has 0 saturated carbocycles. The fourth-order valence-electron chi connectivity index (χ4n) is 4.10. The smallest absolute Gasteiger partial charge is 1.00 e. The summed E-state index contributed by atoms with van der Waals surface area (Å²) in [5, 5.41) is 5.53. The van der Waals surface area contributed by atoms with Crippen LogP contribution in [0.1, 0.15) is 52.7 Å². The van der Waals surface area contributed by atoms with Gasteiger partial charge in [-0.1, -0.05) is 66.5 Å². The van der Waals surface area contributed by atoms with Gasteiger partial charge in [0, 0.05) is 11.5 Å². The zero-order chi connectivity index (χ0) is 24.7. The van der Waals surface area contributed by atoms with Gasteiger partial charge in [-0.25, -0.2) is 0 Å². The van der Waals surface area contributed by atoms with Gasteiger partial charge in [0.2, 0.25) is 0 Å².